The van der Waals surface area contributed by atoms with E-state index in [-0.39, 0.29) is 24.1 Å². The van der Waals surface area contributed by atoms with Crippen LogP contribution in [0.4, 0.5) is 0 Å². The van der Waals surface area contributed by atoms with E-state index in [1.165, 1.54) is 30.9 Å². The number of carbonyl (C=O) groups is 2. The van der Waals surface area contributed by atoms with Crippen molar-refractivity contribution in [3.63, 3.8) is 0 Å². The van der Waals surface area contributed by atoms with Crippen LogP contribution in [-0.4, -0.2) is 39.9 Å². The molecular weight excluding hydrogens is 370 g/mol. The van der Waals surface area contributed by atoms with Gasteiger partial charge in [-0.1, -0.05) is 0 Å². The summed E-state index contributed by atoms with van der Waals surface area (Å²) in [5.41, 5.74) is 0.686. The molecule has 1 aliphatic carbocycles. The van der Waals surface area contributed by atoms with Gasteiger partial charge in [0.15, 0.2) is 0 Å². The van der Waals surface area contributed by atoms with E-state index in [2.05, 4.69) is 20.9 Å². The van der Waals surface area contributed by atoms with Crippen LogP contribution < -0.4 is 15.4 Å². The fourth-order valence-electron chi connectivity index (χ4n) is 2.87. The van der Waals surface area contributed by atoms with Crippen molar-refractivity contribution in [2.45, 2.75) is 31.8 Å². The van der Waals surface area contributed by atoms with Gasteiger partial charge in [0.25, 0.3) is 17.7 Å². The number of nitrogens with zero attached hydrogens (tertiary/aromatic N) is 3. The number of nitrogens with one attached hydrogen (secondary N) is 2. The van der Waals surface area contributed by atoms with Crippen molar-refractivity contribution >= 4 is 33.4 Å². The lowest BCUT2D eigenvalue weighted by Gasteiger charge is -2.25. The normalized spacial score (nSPS) is 14.1. The second-order valence-corrected chi connectivity index (χ2v) is 7.45. The zero-order chi connectivity index (χ0) is 19.0. The maximum Gasteiger partial charge on any atom is 0.290 e. The highest BCUT2D eigenvalue weighted by molar-refractivity contribution is 7.20. The Morgan fingerprint density at radius 2 is 2.19 bits per heavy atom. The highest BCUT2D eigenvalue weighted by atomic mass is 32.1. The van der Waals surface area contributed by atoms with Crippen LogP contribution in [0, 0.1) is 0 Å². The second-order valence-electron chi connectivity index (χ2n) is 6.42. The summed E-state index contributed by atoms with van der Waals surface area (Å²) in [6, 6.07) is 3.54. The van der Waals surface area contributed by atoms with Crippen molar-refractivity contribution in [2.24, 2.45) is 7.05 Å². The number of aromatic nitrogens is 3. The maximum atomic E-state index is 12.4. The van der Waals surface area contributed by atoms with E-state index in [9.17, 15) is 9.59 Å². The molecule has 27 heavy (non-hydrogen) atoms. The number of rotatable bonds is 6. The van der Waals surface area contributed by atoms with Crippen molar-refractivity contribution < 1.29 is 18.8 Å². The molecule has 2 amide bonds. The van der Waals surface area contributed by atoms with Gasteiger partial charge in [-0.05, 0) is 30.5 Å². The van der Waals surface area contributed by atoms with E-state index in [0.717, 1.165) is 23.1 Å². The number of methoxy groups -OCH3 is 1. The summed E-state index contributed by atoms with van der Waals surface area (Å²) in [5, 5.41) is 14.7. The predicted molar refractivity (Wildman–Crippen MR) is 97.9 cm³/mol. The van der Waals surface area contributed by atoms with Gasteiger partial charge in [-0.25, -0.2) is 0 Å². The highest BCUT2D eigenvalue weighted by Crippen LogP contribution is 2.29. The molecule has 0 bridgehead atoms. The minimum absolute atomic E-state index is 0.0513. The molecule has 0 saturated heterocycles. The van der Waals surface area contributed by atoms with Gasteiger partial charge in [0, 0.05) is 18.5 Å². The largest absolute Gasteiger partial charge is 0.479 e. The van der Waals surface area contributed by atoms with Gasteiger partial charge in [-0.3, -0.25) is 14.3 Å². The highest BCUT2D eigenvalue weighted by Gasteiger charge is 2.23. The van der Waals surface area contributed by atoms with Gasteiger partial charge < -0.3 is 19.9 Å². The number of carbonyl (C=O) groups excluding carboxylic acids is 2. The van der Waals surface area contributed by atoms with Crippen LogP contribution in [0.3, 0.4) is 0 Å². The first-order chi connectivity index (χ1) is 13.0. The zero-order valence-electron chi connectivity index (χ0n) is 14.9. The van der Waals surface area contributed by atoms with Crippen LogP contribution in [0.15, 0.2) is 16.7 Å². The smallest absolute Gasteiger partial charge is 0.290 e. The molecular formula is C17H19N5O4S. The van der Waals surface area contributed by atoms with Gasteiger partial charge >= 0.3 is 0 Å². The third-order valence-corrected chi connectivity index (χ3v) is 5.79. The Bertz CT molecular complexity index is 1000. The lowest BCUT2D eigenvalue weighted by molar-refractivity contribution is 0.0908. The molecule has 0 spiro atoms. The molecule has 10 heteroatoms. The van der Waals surface area contributed by atoms with Crippen molar-refractivity contribution in [1.82, 2.24) is 25.6 Å². The summed E-state index contributed by atoms with van der Waals surface area (Å²) in [7, 11) is 3.26. The average molecular weight is 389 g/mol. The quantitative estimate of drug-likeness (QED) is 0.665. The Labute approximate surface area is 158 Å². The van der Waals surface area contributed by atoms with Gasteiger partial charge in [0.1, 0.15) is 4.83 Å². The summed E-state index contributed by atoms with van der Waals surface area (Å²) < 4.78 is 11.5. The van der Waals surface area contributed by atoms with E-state index in [1.807, 2.05) is 13.1 Å². The molecule has 2 N–H and O–H groups in total. The first-order valence-electron chi connectivity index (χ1n) is 8.60. The summed E-state index contributed by atoms with van der Waals surface area (Å²) in [4.78, 5) is 26.1. The van der Waals surface area contributed by atoms with Crippen molar-refractivity contribution in [2.75, 3.05) is 7.11 Å². The molecule has 142 valence electrons. The van der Waals surface area contributed by atoms with Crippen LogP contribution in [0.5, 0.6) is 5.88 Å². The van der Waals surface area contributed by atoms with Crippen molar-refractivity contribution in [1.29, 1.82) is 0 Å². The topological polar surface area (TPSA) is 111 Å². The summed E-state index contributed by atoms with van der Waals surface area (Å²) in [5.74, 6) is -0.169. The Hall–Kier alpha value is -2.88. The van der Waals surface area contributed by atoms with E-state index < -0.39 is 5.91 Å². The number of aryl methyl sites for hydroxylation is 1. The van der Waals surface area contributed by atoms with Crippen molar-refractivity contribution in [3.05, 3.63) is 28.5 Å². The average Bonchev–Trinajstić information content (AvgIpc) is 3.32. The van der Waals surface area contributed by atoms with Gasteiger partial charge in [0.2, 0.25) is 5.76 Å². The minimum Gasteiger partial charge on any atom is -0.479 e. The molecule has 1 fully saturated rings. The number of hydrogen-bond donors (Lipinski definition) is 2. The monoisotopic (exact) mass is 389 g/mol. The Balaban J connectivity index is 1.48. The first-order valence-corrected chi connectivity index (χ1v) is 9.42. The summed E-state index contributed by atoms with van der Waals surface area (Å²) in [6.45, 7) is 0.208. The molecule has 1 aliphatic rings. The first kappa shape index (κ1) is 17.5. The Morgan fingerprint density at radius 1 is 1.37 bits per heavy atom. The van der Waals surface area contributed by atoms with Crippen LogP contribution in [0.1, 0.15) is 45.2 Å². The number of amides is 2. The van der Waals surface area contributed by atoms with Gasteiger partial charge in [0.05, 0.1) is 30.3 Å². The molecule has 0 aliphatic heterocycles. The number of hydrogen-bond acceptors (Lipinski definition) is 7. The molecule has 9 nitrogen and oxygen atoms in total. The predicted octanol–water partition coefficient (Wildman–Crippen LogP) is 1.84. The van der Waals surface area contributed by atoms with Gasteiger partial charge in [-0.15, -0.1) is 11.3 Å². The maximum absolute atomic E-state index is 12.4. The fourth-order valence-corrected chi connectivity index (χ4v) is 3.87. The summed E-state index contributed by atoms with van der Waals surface area (Å²) >= 11 is 1.40. The third-order valence-electron chi connectivity index (χ3n) is 4.59. The number of ether oxygens (including phenoxy) is 1. The number of fused-ring (bicyclic) bond motifs is 1. The van der Waals surface area contributed by atoms with Crippen LogP contribution in [0.25, 0.3) is 10.2 Å². The molecule has 3 aromatic rings. The minimum atomic E-state index is -0.414. The Morgan fingerprint density at radius 3 is 2.85 bits per heavy atom. The number of thiophene rings is 1. The van der Waals surface area contributed by atoms with E-state index in [4.69, 9.17) is 9.26 Å². The Kier molecular flexibility index (Phi) is 4.56. The van der Waals surface area contributed by atoms with E-state index >= 15 is 0 Å². The molecule has 0 aromatic carbocycles. The second kappa shape index (κ2) is 7.03. The molecule has 0 radical (unpaired) electrons. The van der Waals surface area contributed by atoms with Crippen LogP contribution in [0.2, 0.25) is 0 Å². The molecule has 3 aromatic heterocycles. The summed E-state index contributed by atoms with van der Waals surface area (Å²) in [6.07, 6.45) is 3.26. The lowest BCUT2D eigenvalue weighted by Crippen LogP contribution is -2.39. The van der Waals surface area contributed by atoms with Gasteiger partial charge in [-0.2, -0.15) is 5.10 Å². The van der Waals surface area contributed by atoms with Crippen LogP contribution >= 0.6 is 11.3 Å². The SMILES string of the molecule is COc1cc(C(=O)NCc2nn(C)c3sc(C(=O)NC4CCC4)cc23)on1. The van der Waals surface area contributed by atoms with E-state index in [1.54, 1.807) is 4.68 Å². The molecule has 4 rings (SSSR count). The lowest BCUT2D eigenvalue weighted by atomic mass is 9.93. The molecule has 0 atom stereocenters. The third kappa shape index (κ3) is 3.39. The zero-order valence-corrected chi connectivity index (χ0v) is 15.8. The molecule has 1 saturated carbocycles. The molecule has 3 heterocycles. The molecule has 0 unspecified atom stereocenters. The van der Waals surface area contributed by atoms with Crippen molar-refractivity contribution in [3.8, 4) is 5.88 Å². The standard InChI is InChI=1S/C17H19N5O4S/c1-22-17-10(6-13(27-17)16(24)19-9-4-3-5-9)11(20-22)8-18-15(23)12-7-14(25-2)21-26-12/h6-7,9H,3-5,8H2,1-2H3,(H,18,23)(H,19,24). The van der Waals surface area contributed by atoms with E-state index in [0.29, 0.717) is 16.6 Å². The van der Waals surface area contributed by atoms with Crippen LogP contribution in [-0.2, 0) is 13.6 Å². The fraction of sp³-hybridized carbons (Fsp3) is 0.412.